The topological polar surface area (TPSA) is 44.5 Å². The first-order valence-electron chi connectivity index (χ1n) is 6.46. The van der Waals surface area contributed by atoms with Crippen LogP contribution in [0.5, 0.6) is 11.5 Å². The van der Waals surface area contributed by atoms with Crippen LogP contribution in [0.15, 0.2) is 36.4 Å². The molecule has 0 bridgehead atoms. The summed E-state index contributed by atoms with van der Waals surface area (Å²) < 4.78 is 23.4. The van der Waals surface area contributed by atoms with Gasteiger partial charge < -0.3 is 15.2 Å². The smallest absolute Gasteiger partial charge is 0.179 e. The lowest BCUT2D eigenvalue weighted by atomic mass is 9.99. The Morgan fingerprint density at radius 1 is 1.14 bits per heavy atom. The van der Waals surface area contributed by atoms with Crippen LogP contribution in [0, 0.1) is 5.82 Å². The van der Waals surface area contributed by atoms with Crippen molar-refractivity contribution in [2.75, 3.05) is 14.2 Å². The summed E-state index contributed by atoms with van der Waals surface area (Å²) in [6, 6.07) is 9.58. The highest BCUT2D eigenvalue weighted by Gasteiger charge is 2.15. The van der Waals surface area contributed by atoms with Crippen molar-refractivity contribution >= 4 is 11.6 Å². The number of hydrogen-bond acceptors (Lipinski definition) is 3. The van der Waals surface area contributed by atoms with Gasteiger partial charge in [-0.05, 0) is 41.8 Å². The number of nitrogens with two attached hydrogens (primary N) is 1. The minimum Gasteiger partial charge on any atom is -0.493 e. The normalized spacial score (nSPS) is 12.0. The third-order valence-corrected chi connectivity index (χ3v) is 3.53. The minimum atomic E-state index is -0.271. The summed E-state index contributed by atoms with van der Waals surface area (Å²) in [5, 5.41) is 0.446. The van der Waals surface area contributed by atoms with E-state index in [4.69, 9.17) is 26.8 Å². The zero-order valence-corrected chi connectivity index (χ0v) is 12.7. The van der Waals surface area contributed by atoms with E-state index in [1.54, 1.807) is 31.4 Å². The fourth-order valence-electron chi connectivity index (χ4n) is 2.14. The maximum absolute atomic E-state index is 12.9. The van der Waals surface area contributed by atoms with Gasteiger partial charge in [0, 0.05) is 6.04 Å². The molecule has 0 aliphatic carbocycles. The predicted molar refractivity (Wildman–Crippen MR) is 81.6 cm³/mol. The molecule has 2 aromatic rings. The van der Waals surface area contributed by atoms with Crippen LogP contribution in [-0.2, 0) is 6.42 Å². The summed E-state index contributed by atoms with van der Waals surface area (Å²) in [5.41, 5.74) is 7.99. The summed E-state index contributed by atoms with van der Waals surface area (Å²) >= 11 is 6.17. The van der Waals surface area contributed by atoms with Gasteiger partial charge in [0.1, 0.15) is 5.82 Å². The molecule has 0 amide bonds. The van der Waals surface area contributed by atoms with E-state index in [1.807, 2.05) is 0 Å². The number of methoxy groups -OCH3 is 2. The van der Waals surface area contributed by atoms with Gasteiger partial charge in [-0.2, -0.15) is 0 Å². The van der Waals surface area contributed by atoms with Crippen molar-refractivity contribution in [3.63, 3.8) is 0 Å². The Hall–Kier alpha value is -1.78. The van der Waals surface area contributed by atoms with Crippen LogP contribution in [-0.4, -0.2) is 14.2 Å². The first-order chi connectivity index (χ1) is 10.0. The second-order valence-electron chi connectivity index (χ2n) is 4.68. The van der Waals surface area contributed by atoms with Crippen LogP contribution >= 0.6 is 11.6 Å². The molecule has 0 radical (unpaired) electrons. The highest BCUT2D eigenvalue weighted by Crippen LogP contribution is 2.37. The predicted octanol–water partition coefficient (Wildman–Crippen LogP) is 3.74. The van der Waals surface area contributed by atoms with Crippen molar-refractivity contribution in [1.82, 2.24) is 0 Å². The SMILES string of the molecule is COc1cc(C(N)Cc2ccc(F)cc2)cc(Cl)c1OC. The molecule has 0 saturated carbocycles. The van der Waals surface area contributed by atoms with Crippen molar-refractivity contribution in [2.45, 2.75) is 12.5 Å². The van der Waals surface area contributed by atoms with Crippen molar-refractivity contribution in [3.8, 4) is 11.5 Å². The van der Waals surface area contributed by atoms with E-state index in [9.17, 15) is 4.39 Å². The van der Waals surface area contributed by atoms with E-state index < -0.39 is 0 Å². The number of ether oxygens (including phenoxy) is 2. The van der Waals surface area contributed by atoms with Crippen LogP contribution in [0.3, 0.4) is 0 Å². The van der Waals surface area contributed by atoms with Crippen molar-refractivity contribution in [3.05, 3.63) is 58.4 Å². The van der Waals surface area contributed by atoms with E-state index in [0.29, 0.717) is 22.9 Å². The Kier molecular flexibility index (Phi) is 5.04. The molecule has 21 heavy (non-hydrogen) atoms. The molecule has 2 rings (SSSR count). The van der Waals surface area contributed by atoms with E-state index in [2.05, 4.69) is 0 Å². The molecule has 2 aromatic carbocycles. The summed E-state index contributed by atoms with van der Waals surface area (Å²) in [4.78, 5) is 0. The van der Waals surface area contributed by atoms with Gasteiger partial charge in [-0.25, -0.2) is 4.39 Å². The maximum Gasteiger partial charge on any atom is 0.179 e. The summed E-state index contributed by atoms with van der Waals surface area (Å²) in [5.74, 6) is 0.757. The molecule has 0 saturated heterocycles. The molecule has 0 aromatic heterocycles. The van der Waals surface area contributed by atoms with Gasteiger partial charge in [0.15, 0.2) is 11.5 Å². The Bertz CT molecular complexity index is 616. The molecule has 0 fully saturated rings. The molecule has 5 heteroatoms. The van der Waals surface area contributed by atoms with Gasteiger partial charge in [-0.3, -0.25) is 0 Å². The summed E-state index contributed by atoms with van der Waals surface area (Å²) in [6.45, 7) is 0. The highest BCUT2D eigenvalue weighted by molar-refractivity contribution is 6.32. The van der Waals surface area contributed by atoms with Crippen LogP contribution in [0.2, 0.25) is 5.02 Å². The summed E-state index contributed by atoms with van der Waals surface area (Å²) in [6.07, 6.45) is 0.575. The fraction of sp³-hybridized carbons (Fsp3) is 0.250. The molecule has 112 valence electrons. The van der Waals surface area contributed by atoms with E-state index in [0.717, 1.165) is 11.1 Å². The van der Waals surface area contributed by atoms with Crippen molar-refractivity contribution in [2.24, 2.45) is 5.73 Å². The van der Waals surface area contributed by atoms with Crippen LogP contribution in [0.25, 0.3) is 0 Å². The van der Waals surface area contributed by atoms with Gasteiger partial charge >= 0.3 is 0 Å². The monoisotopic (exact) mass is 309 g/mol. The molecule has 1 unspecified atom stereocenters. The number of hydrogen-bond donors (Lipinski definition) is 1. The van der Waals surface area contributed by atoms with Gasteiger partial charge in [-0.15, -0.1) is 0 Å². The third kappa shape index (κ3) is 3.65. The van der Waals surface area contributed by atoms with Crippen LogP contribution in [0.4, 0.5) is 4.39 Å². The average molecular weight is 310 g/mol. The second kappa shape index (κ2) is 6.78. The molecule has 0 heterocycles. The lowest BCUT2D eigenvalue weighted by Crippen LogP contribution is -2.13. The van der Waals surface area contributed by atoms with Crippen LogP contribution in [0.1, 0.15) is 17.2 Å². The minimum absolute atomic E-state index is 0.263. The molecule has 0 aliphatic rings. The Morgan fingerprint density at radius 2 is 1.81 bits per heavy atom. The van der Waals surface area contributed by atoms with Gasteiger partial charge in [-0.1, -0.05) is 23.7 Å². The van der Waals surface area contributed by atoms with Gasteiger partial charge in [0.2, 0.25) is 0 Å². The zero-order chi connectivity index (χ0) is 15.4. The Morgan fingerprint density at radius 3 is 2.38 bits per heavy atom. The lowest BCUT2D eigenvalue weighted by molar-refractivity contribution is 0.354. The first kappa shape index (κ1) is 15.6. The molecule has 3 nitrogen and oxygen atoms in total. The van der Waals surface area contributed by atoms with E-state index in [1.165, 1.54) is 19.2 Å². The third-order valence-electron chi connectivity index (χ3n) is 3.25. The lowest BCUT2D eigenvalue weighted by Gasteiger charge is -2.16. The van der Waals surface area contributed by atoms with Crippen molar-refractivity contribution < 1.29 is 13.9 Å². The largest absolute Gasteiger partial charge is 0.493 e. The van der Waals surface area contributed by atoms with E-state index >= 15 is 0 Å². The fourth-order valence-corrected chi connectivity index (χ4v) is 2.44. The van der Waals surface area contributed by atoms with Crippen molar-refractivity contribution in [1.29, 1.82) is 0 Å². The highest BCUT2D eigenvalue weighted by atomic mass is 35.5. The molecule has 1 atom stereocenters. The second-order valence-corrected chi connectivity index (χ2v) is 5.08. The van der Waals surface area contributed by atoms with Gasteiger partial charge in [0.25, 0.3) is 0 Å². The first-order valence-corrected chi connectivity index (χ1v) is 6.84. The number of halogens is 2. The van der Waals surface area contributed by atoms with Crippen LogP contribution < -0.4 is 15.2 Å². The molecule has 0 aliphatic heterocycles. The quantitative estimate of drug-likeness (QED) is 0.915. The number of benzene rings is 2. The Balaban J connectivity index is 2.24. The Labute approximate surface area is 128 Å². The van der Waals surface area contributed by atoms with Gasteiger partial charge in [0.05, 0.1) is 19.2 Å². The van der Waals surface area contributed by atoms with E-state index in [-0.39, 0.29) is 11.9 Å². The summed E-state index contributed by atoms with van der Waals surface area (Å²) in [7, 11) is 3.07. The maximum atomic E-state index is 12.9. The molecular formula is C16H17ClFNO2. The molecular weight excluding hydrogens is 293 g/mol. The zero-order valence-electron chi connectivity index (χ0n) is 11.9. The molecule has 0 spiro atoms. The standard InChI is InChI=1S/C16H17ClFNO2/c1-20-15-9-11(8-13(17)16(15)21-2)14(19)7-10-3-5-12(18)6-4-10/h3-6,8-9,14H,7,19H2,1-2H3. The number of rotatable bonds is 5. The average Bonchev–Trinajstić information content (AvgIpc) is 2.48. The molecule has 2 N–H and O–H groups in total.